The van der Waals surface area contributed by atoms with Crippen molar-refractivity contribution < 1.29 is 13.2 Å². The van der Waals surface area contributed by atoms with Gasteiger partial charge in [0.2, 0.25) is 0 Å². The first-order valence-corrected chi connectivity index (χ1v) is 8.20. The summed E-state index contributed by atoms with van der Waals surface area (Å²) >= 11 is 6.78. The Morgan fingerprint density at radius 3 is 2.33 bits per heavy atom. The lowest BCUT2D eigenvalue weighted by atomic mass is 10.1. The van der Waals surface area contributed by atoms with Crippen LogP contribution in [0, 0.1) is 6.92 Å². The van der Waals surface area contributed by atoms with Gasteiger partial charge in [-0.15, -0.1) is 0 Å². The molecule has 0 unspecified atom stereocenters. The number of benzene rings is 2. The van der Waals surface area contributed by atoms with Crippen molar-refractivity contribution >= 4 is 33.8 Å². The van der Waals surface area contributed by atoms with Crippen LogP contribution < -0.4 is 5.32 Å². The van der Waals surface area contributed by atoms with Gasteiger partial charge in [-0.2, -0.15) is 13.2 Å². The molecule has 24 heavy (non-hydrogen) atoms. The average molecular weight is 369 g/mol. The molecule has 3 rings (SSSR count). The van der Waals surface area contributed by atoms with Crippen LogP contribution in [-0.2, 0) is 6.18 Å². The van der Waals surface area contributed by atoms with Crippen LogP contribution in [0.15, 0.2) is 48.5 Å². The first kappa shape index (κ1) is 16.8. The largest absolute Gasteiger partial charge is 0.434 e. The second-order valence-electron chi connectivity index (χ2n) is 5.14. The zero-order valence-electron chi connectivity index (χ0n) is 12.5. The van der Waals surface area contributed by atoms with Gasteiger partial charge in [-0.25, -0.2) is 4.98 Å². The Morgan fingerprint density at radius 1 is 1.04 bits per heavy atom. The summed E-state index contributed by atoms with van der Waals surface area (Å²) in [6.45, 7) is 1.88. The molecule has 2 aromatic carbocycles. The molecule has 0 amide bonds. The van der Waals surface area contributed by atoms with E-state index in [4.69, 9.17) is 11.6 Å². The summed E-state index contributed by atoms with van der Waals surface area (Å²) < 4.78 is 40.0. The van der Waals surface area contributed by atoms with Crippen molar-refractivity contribution in [3.63, 3.8) is 0 Å². The second kappa shape index (κ2) is 6.45. The summed E-state index contributed by atoms with van der Waals surface area (Å²) in [6, 6.07) is 13.6. The van der Waals surface area contributed by atoms with Crippen LogP contribution in [0.1, 0.15) is 11.3 Å². The first-order chi connectivity index (χ1) is 11.3. The normalized spacial score (nSPS) is 11.5. The standard InChI is InChI=1S/C17H12ClF3N2S/c1-10-4-2-3-5-13(10)22-16-23-15(17(19,20)21)14(24-16)11-6-8-12(18)9-7-11/h2-9H,1H3,(H,22,23). The summed E-state index contributed by atoms with van der Waals surface area (Å²) in [6.07, 6.45) is -4.53. The molecular weight excluding hydrogens is 357 g/mol. The van der Waals surface area contributed by atoms with Crippen molar-refractivity contribution in [2.75, 3.05) is 5.32 Å². The Bertz CT molecular complexity index is 857. The summed E-state index contributed by atoms with van der Waals surface area (Å²) in [7, 11) is 0. The van der Waals surface area contributed by atoms with Crippen molar-refractivity contribution in [1.29, 1.82) is 0 Å². The minimum absolute atomic E-state index is 0.0650. The smallest absolute Gasteiger partial charge is 0.331 e. The minimum atomic E-state index is -4.53. The molecule has 0 atom stereocenters. The van der Waals surface area contributed by atoms with Crippen molar-refractivity contribution in [2.45, 2.75) is 13.1 Å². The van der Waals surface area contributed by atoms with E-state index in [1.165, 1.54) is 0 Å². The number of thiazole rings is 1. The number of alkyl halides is 3. The van der Waals surface area contributed by atoms with Crippen LogP contribution in [0.25, 0.3) is 10.4 Å². The number of para-hydroxylation sites is 1. The predicted molar refractivity (Wildman–Crippen MR) is 92.0 cm³/mol. The molecule has 1 N–H and O–H groups in total. The van der Waals surface area contributed by atoms with Crippen molar-refractivity contribution in [2.24, 2.45) is 0 Å². The third-order valence-corrected chi connectivity index (χ3v) is 4.66. The molecule has 0 aliphatic rings. The SMILES string of the molecule is Cc1ccccc1Nc1nc(C(F)(F)F)c(-c2ccc(Cl)cc2)s1. The zero-order valence-corrected chi connectivity index (χ0v) is 14.1. The van der Waals surface area contributed by atoms with Crippen LogP contribution in [0.3, 0.4) is 0 Å². The highest BCUT2D eigenvalue weighted by Gasteiger charge is 2.38. The number of anilines is 2. The quantitative estimate of drug-likeness (QED) is 0.568. The van der Waals surface area contributed by atoms with Gasteiger partial charge >= 0.3 is 6.18 Å². The number of aryl methyl sites for hydroxylation is 1. The highest BCUT2D eigenvalue weighted by atomic mass is 35.5. The molecule has 2 nitrogen and oxygen atoms in total. The summed E-state index contributed by atoms with van der Waals surface area (Å²) in [5.41, 5.74) is 1.19. The summed E-state index contributed by atoms with van der Waals surface area (Å²) in [4.78, 5) is 3.83. The number of nitrogens with zero attached hydrogens (tertiary/aromatic N) is 1. The molecule has 0 aliphatic heterocycles. The van der Waals surface area contributed by atoms with Gasteiger partial charge in [0.25, 0.3) is 0 Å². The molecule has 1 heterocycles. The third-order valence-electron chi connectivity index (χ3n) is 3.39. The van der Waals surface area contributed by atoms with E-state index in [1.807, 2.05) is 25.1 Å². The van der Waals surface area contributed by atoms with E-state index in [9.17, 15) is 13.2 Å². The molecule has 7 heteroatoms. The number of nitrogens with one attached hydrogen (secondary N) is 1. The lowest BCUT2D eigenvalue weighted by Crippen LogP contribution is -2.07. The van der Waals surface area contributed by atoms with Gasteiger partial charge in [-0.05, 0) is 36.2 Å². The molecule has 0 radical (unpaired) electrons. The Kier molecular flexibility index (Phi) is 4.51. The van der Waals surface area contributed by atoms with Gasteiger partial charge in [0, 0.05) is 10.7 Å². The summed E-state index contributed by atoms with van der Waals surface area (Å²) in [5.74, 6) is 0. The van der Waals surface area contributed by atoms with Crippen LogP contribution in [0.2, 0.25) is 5.02 Å². The topological polar surface area (TPSA) is 24.9 Å². The maximum absolute atomic E-state index is 13.3. The van der Waals surface area contributed by atoms with E-state index in [0.29, 0.717) is 10.6 Å². The van der Waals surface area contributed by atoms with E-state index in [0.717, 1.165) is 22.6 Å². The van der Waals surface area contributed by atoms with Crippen LogP contribution in [-0.4, -0.2) is 4.98 Å². The third kappa shape index (κ3) is 3.55. The number of rotatable bonds is 3. The fourth-order valence-corrected chi connectivity index (χ4v) is 3.32. The fraction of sp³-hybridized carbons (Fsp3) is 0.118. The predicted octanol–water partition coefficient (Wildman–Crippen LogP) is 6.53. The van der Waals surface area contributed by atoms with Gasteiger partial charge in [0.15, 0.2) is 10.8 Å². The molecule has 0 bridgehead atoms. The number of hydrogen-bond acceptors (Lipinski definition) is 3. The molecular formula is C17H12ClF3N2S. The monoisotopic (exact) mass is 368 g/mol. The highest BCUT2D eigenvalue weighted by Crippen LogP contribution is 2.42. The van der Waals surface area contributed by atoms with E-state index in [-0.39, 0.29) is 10.0 Å². The van der Waals surface area contributed by atoms with E-state index in [1.54, 1.807) is 30.3 Å². The van der Waals surface area contributed by atoms with E-state index in [2.05, 4.69) is 10.3 Å². The van der Waals surface area contributed by atoms with Crippen molar-refractivity contribution in [3.05, 3.63) is 64.8 Å². The number of aromatic nitrogens is 1. The molecule has 0 saturated carbocycles. The Labute approximate surface area is 145 Å². The van der Waals surface area contributed by atoms with Crippen LogP contribution in [0.4, 0.5) is 24.0 Å². The van der Waals surface area contributed by atoms with Gasteiger partial charge in [0.1, 0.15) is 0 Å². The Morgan fingerprint density at radius 2 is 1.71 bits per heavy atom. The molecule has 3 aromatic rings. The Balaban J connectivity index is 2.04. The minimum Gasteiger partial charge on any atom is -0.331 e. The maximum Gasteiger partial charge on any atom is 0.434 e. The van der Waals surface area contributed by atoms with Gasteiger partial charge in [-0.1, -0.05) is 53.3 Å². The Hall–Kier alpha value is -2.05. The first-order valence-electron chi connectivity index (χ1n) is 7.01. The highest BCUT2D eigenvalue weighted by molar-refractivity contribution is 7.19. The van der Waals surface area contributed by atoms with Crippen LogP contribution in [0.5, 0.6) is 0 Å². The van der Waals surface area contributed by atoms with Gasteiger partial charge in [-0.3, -0.25) is 0 Å². The lowest BCUT2D eigenvalue weighted by molar-refractivity contribution is -0.140. The molecule has 0 aliphatic carbocycles. The second-order valence-corrected chi connectivity index (χ2v) is 6.58. The summed E-state index contributed by atoms with van der Waals surface area (Å²) in [5, 5.41) is 3.63. The number of hydrogen-bond donors (Lipinski definition) is 1. The van der Waals surface area contributed by atoms with Crippen molar-refractivity contribution in [1.82, 2.24) is 4.98 Å². The average Bonchev–Trinajstić information content (AvgIpc) is 2.94. The van der Waals surface area contributed by atoms with E-state index < -0.39 is 11.9 Å². The molecule has 124 valence electrons. The fourth-order valence-electron chi connectivity index (χ4n) is 2.19. The molecule has 0 saturated heterocycles. The van der Waals surface area contributed by atoms with Crippen molar-refractivity contribution in [3.8, 4) is 10.4 Å². The maximum atomic E-state index is 13.3. The molecule has 1 aromatic heterocycles. The van der Waals surface area contributed by atoms with Crippen LogP contribution >= 0.6 is 22.9 Å². The lowest BCUT2D eigenvalue weighted by Gasteiger charge is -2.06. The van der Waals surface area contributed by atoms with Gasteiger partial charge in [0.05, 0.1) is 4.88 Å². The molecule has 0 fully saturated rings. The molecule has 0 spiro atoms. The number of halogens is 4. The van der Waals surface area contributed by atoms with E-state index >= 15 is 0 Å². The zero-order chi connectivity index (χ0) is 17.3. The van der Waals surface area contributed by atoms with Gasteiger partial charge < -0.3 is 5.32 Å².